The number of hydrogen-bond acceptors (Lipinski definition) is 2. The zero-order valence-corrected chi connectivity index (χ0v) is 13.6. The Morgan fingerprint density at radius 3 is 2.36 bits per heavy atom. The lowest BCUT2D eigenvalue weighted by Crippen LogP contribution is -2.51. The summed E-state index contributed by atoms with van der Waals surface area (Å²) >= 11 is 0. The molecule has 0 saturated carbocycles. The molecule has 120 valence electrons. The van der Waals surface area contributed by atoms with Crippen LogP contribution in [-0.4, -0.2) is 47.9 Å². The molecule has 1 saturated heterocycles. The lowest BCUT2D eigenvalue weighted by molar-refractivity contribution is -0.133. The van der Waals surface area contributed by atoms with E-state index in [4.69, 9.17) is 0 Å². The first-order valence-electron chi connectivity index (χ1n) is 7.86. The molecule has 1 aliphatic rings. The van der Waals surface area contributed by atoms with E-state index in [2.05, 4.69) is 5.32 Å². The van der Waals surface area contributed by atoms with Gasteiger partial charge in [-0.2, -0.15) is 0 Å². The second-order valence-electron chi connectivity index (χ2n) is 6.27. The summed E-state index contributed by atoms with van der Waals surface area (Å²) in [4.78, 5) is 27.9. The summed E-state index contributed by atoms with van der Waals surface area (Å²) in [5, 5.41) is 2.91. The Bertz CT molecular complexity index is 534. The van der Waals surface area contributed by atoms with Crippen LogP contribution in [0.25, 0.3) is 0 Å². The number of piperazine rings is 1. The van der Waals surface area contributed by atoms with Crippen LogP contribution in [0.2, 0.25) is 0 Å². The van der Waals surface area contributed by atoms with Gasteiger partial charge in [-0.1, -0.05) is 26.0 Å². The smallest absolute Gasteiger partial charge is 0.321 e. The van der Waals surface area contributed by atoms with Crippen LogP contribution in [0, 0.1) is 12.8 Å². The van der Waals surface area contributed by atoms with Crippen LogP contribution in [0.1, 0.15) is 25.8 Å². The van der Waals surface area contributed by atoms with E-state index in [1.54, 1.807) is 4.90 Å². The van der Waals surface area contributed by atoms with E-state index in [-0.39, 0.29) is 11.9 Å². The highest BCUT2D eigenvalue weighted by atomic mass is 16.2. The quantitative estimate of drug-likeness (QED) is 0.933. The van der Waals surface area contributed by atoms with Gasteiger partial charge in [0.2, 0.25) is 5.91 Å². The largest absolute Gasteiger partial charge is 0.339 e. The van der Waals surface area contributed by atoms with Gasteiger partial charge in [0, 0.05) is 38.3 Å². The highest BCUT2D eigenvalue weighted by Gasteiger charge is 2.24. The van der Waals surface area contributed by atoms with Gasteiger partial charge < -0.3 is 15.1 Å². The van der Waals surface area contributed by atoms with Gasteiger partial charge in [0.05, 0.1) is 0 Å². The topological polar surface area (TPSA) is 52.7 Å². The minimum atomic E-state index is -0.0958. The third-order valence-electron chi connectivity index (χ3n) is 3.77. The van der Waals surface area contributed by atoms with E-state index in [1.807, 2.05) is 49.9 Å². The molecule has 5 heteroatoms. The molecule has 0 bridgehead atoms. The first-order valence-corrected chi connectivity index (χ1v) is 7.86. The average Bonchev–Trinajstić information content (AvgIpc) is 2.46. The SMILES string of the molecule is Cc1cccc(NC(=O)N2CCN(C(=O)CC(C)C)CC2)c1. The molecule has 0 unspecified atom stereocenters. The summed E-state index contributed by atoms with van der Waals surface area (Å²) in [6.07, 6.45) is 0.579. The minimum Gasteiger partial charge on any atom is -0.339 e. The Labute approximate surface area is 132 Å². The van der Waals surface area contributed by atoms with Crippen molar-refractivity contribution in [1.82, 2.24) is 9.80 Å². The number of carbonyl (C=O) groups is 2. The molecule has 1 aliphatic heterocycles. The Morgan fingerprint density at radius 2 is 1.77 bits per heavy atom. The standard InChI is InChI=1S/C17H25N3O2/c1-13(2)11-16(21)19-7-9-20(10-8-19)17(22)18-15-6-4-5-14(3)12-15/h4-6,12-13H,7-11H2,1-3H3,(H,18,22). The number of nitrogens with zero attached hydrogens (tertiary/aromatic N) is 2. The Kier molecular flexibility index (Phi) is 5.41. The normalized spacial score (nSPS) is 15.1. The van der Waals surface area contributed by atoms with Gasteiger partial charge in [-0.25, -0.2) is 4.79 Å². The van der Waals surface area contributed by atoms with Crippen LogP contribution in [0.15, 0.2) is 24.3 Å². The number of nitrogens with one attached hydrogen (secondary N) is 1. The predicted octanol–water partition coefficient (Wildman–Crippen LogP) is 2.72. The molecular formula is C17H25N3O2. The van der Waals surface area contributed by atoms with Gasteiger partial charge in [0.1, 0.15) is 0 Å². The summed E-state index contributed by atoms with van der Waals surface area (Å²) in [6, 6.07) is 7.65. The molecule has 2 rings (SSSR count). The molecule has 1 aromatic carbocycles. The summed E-state index contributed by atoms with van der Waals surface area (Å²) in [6.45, 7) is 8.49. The second kappa shape index (κ2) is 7.29. The number of benzene rings is 1. The zero-order valence-electron chi connectivity index (χ0n) is 13.6. The van der Waals surface area contributed by atoms with Crippen molar-refractivity contribution in [2.24, 2.45) is 5.92 Å². The third-order valence-corrected chi connectivity index (χ3v) is 3.77. The van der Waals surface area contributed by atoms with Crippen molar-refractivity contribution in [3.8, 4) is 0 Å². The lowest BCUT2D eigenvalue weighted by atomic mass is 10.1. The van der Waals surface area contributed by atoms with Crippen molar-refractivity contribution in [1.29, 1.82) is 0 Å². The maximum atomic E-state index is 12.2. The number of rotatable bonds is 3. The van der Waals surface area contributed by atoms with Crippen LogP contribution < -0.4 is 5.32 Å². The zero-order chi connectivity index (χ0) is 16.1. The molecule has 1 fully saturated rings. The maximum absolute atomic E-state index is 12.2. The van der Waals surface area contributed by atoms with Crippen molar-refractivity contribution in [2.75, 3.05) is 31.5 Å². The number of anilines is 1. The molecule has 0 radical (unpaired) electrons. The van der Waals surface area contributed by atoms with Crippen molar-refractivity contribution < 1.29 is 9.59 Å². The second-order valence-corrected chi connectivity index (χ2v) is 6.27. The van der Waals surface area contributed by atoms with E-state index in [9.17, 15) is 9.59 Å². The number of amides is 3. The van der Waals surface area contributed by atoms with E-state index >= 15 is 0 Å². The predicted molar refractivity (Wildman–Crippen MR) is 87.8 cm³/mol. The molecule has 5 nitrogen and oxygen atoms in total. The molecule has 1 N–H and O–H groups in total. The number of aryl methyl sites for hydroxylation is 1. The number of urea groups is 1. The number of carbonyl (C=O) groups excluding carboxylic acids is 2. The van der Waals surface area contributed by atoms with Crippen LogP contribution in [-0.2, 0) is 4.79 Å². The van der Waals surface area contributed by atoms with Crippen molar-refractivity contribution in [3.63, 3.8) is 0 Å². The van der Waals surface area contributed by atoms with Crippen molar-refractivity contribution in [2.45, 2.75) is 27.2 Å². The van der Waals surface area contributed by atoms with Gasteiger partial charge >= 0.3 is 6.03 Å². The summed E-state index contributed by atoms with van der Waals surface area (Å²) in [5.74, 6) is 0.559. The number of hydrogen-bond donors (Lipinski definition) is 1. The molecule has 1 heterocycles. The van der Waals surface area contributed by atoms with E-state index in [0.29, 0.717) is 38.5 Å². The van der Waals surface area contributed by atoms with Crippen LogP contribution in [0.5, 0.6) is 0 Å². The fraction of sp³-hybridized carbons (Fsp3) is 0.529. The first kappa shape index (κ1) is 16.3. The molecule has 3 amide bonds. The summed E-state index contributed by atoms with van der Waals surface area (Å²) in [5.41, 5.74) is 1.92. The van der Waals surface area contributed by atoms with Gasteiger partial charge in [-0.15, -0.1) is 0 Å². The van der Waals surface area contributed by atoms with Crippen molar-refractivity contribution >= 4 is 17.6 Å². The molecule has 0 aliphatic carbocycles. The Morgan fingerprint density at radius 1 is 1.14 bits per heavy atom. The van der Waals surface area contributed by atoms with Gasteiger partial charge in [-0.05, 0) is 30.5 Å². The molecule has 0 spiro atoms. The van der Waals surface area contributed by atoms with E-state index < -0.39 is 0 Å². The van der Waals surface area contributed by atoms with Crippen LogP contribution in [0.3, 0.4) is 0 Å². The molecule has 0 atom stereocenters. The Balaban J connectivity index is 1.83. The van der Waals surface area contributed by atoms with E-state index in [1.165, 1.54) is 0 Å². The highest BCUT2D eigenvalue weighted by molar-refractivity contribution is 5.89. The molecule has 0 aromatic heterocycles. The monoisotopic (exact) mass is 303 g/mol. The van der Waals surface area contributed by atoms with Gasteiger partial charge in [0.25, 0.3) is 0 Å². The Hall–Kier alpha value is -2.04. The molecule has 22 heavy (non-hydrogen) atoms. The molecular weight excluding hydrogens is 278 g/mol. The van der Waals surface area contributed by atoms with Gasteiger partial charge in [0.15, 0.2) is 0 Å². The average molecular weight is 303 g/mol. The minimum absolute atomic E-state index is 0.0958. The van der Waals surface area contributed by atoms with E-state index in [0.717, 1.165) is 11.3 Å². The summed E-state index contributed by atoms with van der Waals surface area (Å²) < 4.78 is 0. The lowest BCUT2D eigenvalue weighted by Gasteiger charge is -2.35. The van der Waals surface area contributed by atoms with Gasteiger partial charge in [-0.3, -0.25) is 4.79 Å². The fourth-order valence-corrected chi connectivity index (χ4v) is 2.56. The van der Waals surface area contributed by atoms with Crippen LogP contribution >= 0.6 is 0 Å². The molecule has 1 aromatic rings. The third kappa shape index (κ3) is 4.48. The fourth-order valence-electron chi connectivity index (χ4n) is 2.56. The first-order chi connectivity index (χ1) is 10.5. The summed E-state index contributed by atoms with van der Waals surface area (Å²) in [7, 11) is 0. The highest BCUT2D eigenvalue weighted by Crippen LogP contribution is 2.12. The van der Waals surface area contributed by atoms with Crippen LogP contribution in [0.4, 0.5) is 10.5 Å². The maximum Gasteiger partial charge on any atom is 0.321 e. The van der Waals surface area contributed by atoms with Crippen molar-refractivity contribution in [3.05, 3.63) is 29.8 Å².